The van der Waals surface area contributed by atoms with Crippen molar-refractivity contribution in [2.75, 3.05) is 129 Å². The smallest absolute Gasteiger partial charge is 0.364 e. The number of alkyl halides is 4. The predicted octanol–water partition coefficient (Wildman–Crippen LogP) is 18.3. The van der Waals surface area contributed by atoms with E-state index in [2.05, 4.69) is 47.4 Å². The van der Waals surface area contributed by atoms with Crippen LogP contribution in [0, 0.1) is 0 Å². The Bertz CT molecular complexity index is 1610. The Balaban J connectivity index is 4.35. The first-order valence-corrected chi connectivity index (χ1v) is 42.8. The summed E-state index contributed by atoms with van der Waals surface area (Å²) in [5.41, 5.74) is 12.4. The van der Waals surface area contributed by atoms with Crippen LogP contribution in [-0.2, 0) is 61.1 Å². The topological polar surface area (TPSA) is 220 Å². The number of nitrogens with one attached hydrogen (secondary N) is 2. The van der Waals surface area contributed by atoms with Crippen LogP contribution in [0.1, 0.15) is 297 Å². The summed E-state index contributed by atoms with van der Waals surface area (Å²) in [5, 5.41) is 5.50. The lowest BCUT2D eigenvalue weighted by atomic mass is 10.1. The second-order valence-electron chi connectivity index (χ2n) is 26.4. The van der Waals surface area contributed by atoms with Gasteiger partial charge in [0.2, 0.25) is 11.8 Å². The lowest BCUT2D eigenvalue weighted by Crippen LogP contribution is -2.43. The van der Waals surface area contributed by atoms with Crippen molar-refractivity contribution < 1.29 is 78.7 Å². The number of carbonyl (C=O) groups excluding carboxylic acids is 2. The van der Waals surface area contributed by atoms with Gasteiger partial charge in [0.25, 0.3) is 0 Å². The Morgan fingerprint density at radius 2 is 0.602 bits per heavy atom. The van der Waals surface area contributed by atoms with E-state index in [0.717, 1.165) is 38.5 Å². The number of ether oxygens (including phenoxy) is 8. The molecule has 586 valence electrons. The Hall–Kier alpha value is -0.890. The first kappa shape index (κ1) is 97.1. The molecule has 24 heteroatoms. The summed E-state index contributed by atoms with van der Waals surface area (Å²) in [7, 11) is -4.32. The quantitative estimate of drug-likeness (QED) is 0.0253. The Morgan fingerprint density at radius 3 is 0.888 bits per heavy atom. The number of hydrogen-bond donors (Lipinski definition) is 4. The van der Waals surface area contributed by atoms with Gasteiger partial charge in [0, 0.05) is 62.5 Å². The van der Waals surface area contributed by atoms with Crippen molar-refractivity contribution in [3.63, 3.8) is 0 Å². The highest BCUT2D eigenvalue weighted by atomic mass is 32.2. The zero-order chi connectivity index (χ0) is 71.8. The van der Waals surface area contributed by atoms with E-state index < -0.39 is 58.6 Å². The van der Waals surface area contributed by atoms with Crippen molar-refractivity contribution in [2.24, 2.45) is 11.5 Å². The molecule has 0 unspecified atom stereocenters. The van der Waals surface area contributed by atoms with Crippen LogP contribution in [0.2, 0.25) is 0 Å². The highest BCUT2D eigenvalue weighted by molar-refractivity contribution is 7.99. The maximum absolute atomic E-state index is 14.3. The molecule has 6 N–H and O–H groups in total. The van der Waals surface area contributed by atoms with Crippen molar-refractivity contribution in [3.8, 4) is 0 Å². The van der Waals surface area contributed by atoms with Gasteiger partial charge >= 0.3 is 20.5 Å². The van der Waals surface area contributed by atoms with Gasteiger partial charge in [-0.2, -0.15) is 41.1 Å². The van der Waals surface area contributed by atoms with E-state index in [1.165, 1.54) is 218 Å². The van der Waals surface area contributed by atoms with Gasteiger partial charge in [0.1, 0.15) is 0 Å². The summed E-state index contributed by atoms with van der Waals surface area (Å²) in [5.74, 6) is 1.47. The van der Waals surface area contributed by atoms with Crippen LogP contribution >= 0.6 is 31.8 Å². The molecule has 0 aliphatic heterocycles. The number of hydrogen-bond acceptors (Lipinski definition) is 17. The fourth-order valence-electron chi connectivity index (χ4n) is 10.7. The average Bonchev–Trinajstić information content (AvgIpc) is 0.934. The Morgan fingerprint density at radius 1 is 0.347 bits per heavy atom. The number of carbonyl (C=O) groups is 2. The molecule has 0 rings (SSSR count). The SMILES string of the molecule is CCCCCCCCCCCCOC[C@H](CSC[C@H](N)C(=O)NCCOCCOCCC(F)(F)O[PH](=O)OC(F)(F)CCOCCOCCNC(=O)[C@@H](N)CSC[C@@H](COCCCCCCCCCCCC)OCCCCCCCCCCCC)OCCCCCCCCCCCC. The minimum Gasteiger partial charge on any atom is -0.379 e. The molecule has 98 heavy (non-hydrogen) atoms. The van der Waals surface area contributed by atoms with Gasteiger partial charge in [-0.05, 0) is 25.7 Å². The molecule has 0 saturated carbocycles. The Labute approximate surface area is 603 Å². The maximum atomic E-state index is 14.3. The predicted molar refractivity (Wildman–Crippen MR) is 399 cm³/mol. The first-order chi connectivity index (χ1) is 47.7. The number of halogens is 4. The largest absolute Gasteiger partial charge is 0.379 e. The number of nitrogens with two attached hydrogens (primary N) is 2. The standard InChI is InChI=1S/C74H147F4N4O13PS2/c1-5-9-13-17-21-25-29-33-37-41-49-90-61-67(92-51-43-39-35-31-27-23-19-15-11-7-3)63-97-65-69(79)71(83)81-47-55-88-59-57-86-53-45-73(75,76)94-96(85)95-74(77,78)46-54-87-58-60-89-56-48-82-72(84)70(80)66-98-64-68(93-52-44-40-36-32-28-24-20-16-12-8-4)62-91-50-42-38-34-30-26-22-18-14-10-6-2/h67-70,96H,5-66,79-80H2,1-4H3,(H,81,83)(H,82,84)/t67-,68-,69+,70+/m1/s1. The van der Waals surface area contributed by atoms with Crippen LogP contribution in [0.15, 0.2) is 0 Å². The summed E-state index contributed by atoms with van der Waals surface area (Å²) >= 11 is 3.12. The monoisotopic (exact) mass is 1470 g/mol. The van der Waals surface area contributed by atoms with E-state index in [4.69, 9.17) is 49.4 Å². The first-order valence-electron chi connectivity index (χ1n) is 39.3. The van der Waals surface area contributed by atoms with Crippen molar-refractivity contribution in [3.05, 3.63) is 0 Å². The van der Waals surface area contributed by atoms with Gasteiger partial charge in [-0.1, -0.05) is 259 Å². The van der Waals surface area contributed by atoms with E-state index in [-0.39, 0.29) is 76.8 Å². The molecule has 0 spiro atoms. The molecule has 0 aromatic heterocycles. The van der Waals surface area contributed by atoms with E-state index in [1.54, 1.807) is 23.5 Å². The van der Waals surface area contributed by atoms with Crippen LogP contribution in [0.5, 0.6) is 0 Å². The zero-order valence-corrected chi connectivity index (χ0v) is 65.1. The van der Waals surface area contributed by atoms with Crippen molar-refractivity contribution in [1.82, 2.24) is 10.6 Å². The van der Waals surface area contributed by atoms with Gasteiger partial charge in [0.15, 0.2) is 0 Å². The highest BCUT2D eigenvalue weighted by Crippen LogP contribution is 2.41. The van der Waals surface area contributed by atoms with E-state index in [9.17, 15) is 31.7 Å². The molecule has 17 nitrogen and oxygen atoms in total. The molecular formula is C74H147F4N4O13PS2. The third-order valence-corrected chi connectivity index (χ3v) is 20.2. The summed E-state index contributed by atoms with van der Waals surface area (Å²) in [6.45, 7) is 12.1. The summed E-state index contributed by atoms with van der Waals surface area (Å²) in [4.78, 5) is 25.4. The van der Waals surface area contributed by atoms with Crippen molar-refractivity contribution in [2.45, 2.75) is 334 Å². The fourth-order valence-corrected chi connectivity index (χ4v) is 13.5. The Kier molecular flexibility index (Phi) is 73.7. The van der Waals surface area contributed by atoms with Crippen LogP contribution in [-0.4, -0.2) is 177 Å². The second kappa shape index (κ2) is 74.4. The van der Waals surface area contributed by atoms with Crippen molar-refractivity contribution >= 4 is 43.6 Å². The molecule has 0 aliphatic carbocycles. The minimum absolute atomic E-state index is 0.0205. The summed E-state index contributed by atoms with van der Waals surface area (Å²) < 4.78 is 123. The molecule has 0 radical (unpaired) electrons. The highest BCUT2D eigenvalue weighted by Gasteiger charge is 2.38. The molecule has 4 atom stereocenters. The third kappa shape index (κ3) is 70.8. The van der Waals surface area contributed by atoms with Crippen LogP contribution in [0.3, 0.4) is 0 Å². The zero-order valence-electron chi connectivity index (χ0n) is 62.4. The molecule has 2 amide bonds. The van der Waals surface area contributed by atoms with E-state index in [1.807, 2.05) is 0 Å². The van der Waals surface area contributed by atoms with Gasteiger partial charge in [0.05, 0.1) is 103 Å². The number of amides is 2. The molecule has 0 bridgehead atoms. The molecule has 0 aromatic carbocycles. The fraction of sp³-hybridized carbons (Fsp3) is 0.973. The van der Waals surface area contributed by atoms with E-state index in [0.29, 0.717) is 62.7 Å². The number of thioether (sulfide) groups is 2. The lowest BCUT2D eigenvalue weighted by Gasteiger charge is -2.20. The molecule has 0 heterocycles. The van der Waals surface area contributed by atoms with Gasteiger partial charge < -0.3 is 60.0 Å². The molecule has 0 saturated heterocycles. The molecule has 0 aromatic rings. The minimum atomic E-state index is -4.32. The number of rotatable bonds is 82. The van der Waals surface area contributed by atoms with Crippen molar-refractivity contribution in [1.29, 1.82) is 0 Å². The van der Waals surface area contributed by atoms with Crippen LogP contribution < -0.4 is 22.1 Å². The van der Waals surface area contributed by atoms with E-state index >= 15 is 0 Å². The lowest BCUT2D eigenvalue weighted by molar-refractivity contribution is -0.220. The van der Waals surface area contributed by atoms with Gasteiger partial charge in [-0.3, -0.25) is 14.2 Å². The molecule has 0 aliphatic rings. The maximum Gasteiger partial charge on any atom is 0.364 e. The van der Waals surface area contributed by atoms with Crippen LogP contribution in [0.4, 0.5) is 17.6 Å². The average molecular weight is 1470 g/mol. The van der Waals surface area contributed by atoms with Gasteiger partial charge in [-0.15, -0.1) is 0 Å². The number of unbranched alkanes of at least 4 members (excludes halogenated alkanes) is 36. The molecular weight excluding hydrogens is 1320 g/mol. The second-order valence-corrected chi connectivity index (χ2v) is 29.5. The van der Waals surface area contributed by atoms with Crippen LogP contribution in [0.25, 0.3) is 0 Å². The molecule has 0 fully saturated rings. The normalized spacial score (nSPS) is 13.4. The summed E-state index contributed by atoms with van der Waals surface area (Å²) in [6, 6.07) is -1.49. The van der Waals surface area contributed by atoms with Gasteiger partial charge in [-0.25, -0.2) is 9.05 Å². The third-order valence-electron chi connectivity index (χ3n) is 16.8. The summed E-state index contributed by atoms with van der Waals surface area (Å²) in [6.07, 6.45) is 40.1.